The summed E-state index contributed by atoms with van der Waals surface area (Å²) in [7, 11) is -10.7. The van der Waals surface area contributed by atoms with Gasteiger partial charge in [-0.25, -0.2) is 0 Å². The first-order chi connectivity index (χ1) is 20.6. The Hall–Kier alpha value is -2.09. The Labute approximate surface area is 293 Å². The van der Waals surface area contributed by atoms with Crippen molar-refractivity contribution in [3.8, 4) is 11.5 Å². The molecular formula is C36H54F6MnN2O2P-. The van der Waals surface area contributed by atoms with Crippen LogP contribution >= 0.6 is 7.81 Å². The molecule has 1 radical (unpaired) electrons. The molecule has 0 bridgehead atoms. The monoisotopic (exact) mass is 746 g/mol. The van der Waals surface area contributed by atoms with Crippen molar-refractivity contribution in [3.63, 3.8) is 0 Å². The Kier molecular flexibility index (Phi) is 12.7. The molecular weight excluding hydrogens is 692 g/mol. The predicted octanol–water partition coefficient (Wildman–Crippen LogP) is 12.5. The number of hydrogen-bond acceptors (Lipinski definition) is 4. The molecule has 2 atom stereocenters. The van der Waals surface area contributed by atoms with E-state index in [2.05, 4.69) is 107 Å². The maximum absolute atomic E-state index is 11.2. The number of aromatic hydroxyl groups is 2. The van der Waals surface area contributed by atoms with Crippen LogP contribution in [0.4, 0.5) is 25.2 Å². The van der Waals surface area contributed by atoms with E-state index in [0.29, 0.717) is 11.5 Å². The molecule has 275 valence electrons. The molecule has 0 heterocycles. The Balaban J connectivity index is 0.00000130. The maximum Gasteiger partial charge on any atom is 0 e. The van der Waals surface area contributed by atoms with Gasteiger partial charge in [0.1, 0.15) is 11.5 Å². The third-order valence-corrected chi connectivity index (χ3v) is 8.13. The van der Waals surface area contributed by atoms with Crippen LogP contribution in [-0.2, 0) is 38.7 Å². The van der Waals surface area contributed by atoms with Crippen LogP contribution in [0.25, 0.3) is 0 Å². The molecule has 0 spiro atoms. The zero-order valence-corrected chi connectivity index (χ0v) is 32.4. The summed E-state index contributed by atoms with van der Waals surface area (Å²) in [5.74, 6) is 0.637. The molecule has 0 amide bonds. The van der Waals surface area contributed by atoms with Crippen LogP contribution in [0, 0.1) is 0 Å². The van der Waals surface area contributed by atoms with E-state index in [0.717, 1.165) is 47.9 Å². The first-order valence-corrected chi connectivity index (χ1v) is 18.1. The predicted molar refractivity (Wildman–Crippen MR) is 186 cm³/mol. The van der Waals surface area contributed by atoms with Crippen molar-refractivity contribution in [2.75, 3.05) is 0 Å². The Morgan fingerprint density at radius 1 is 0.562 bits per heavy atom. The van der Waals surface area contributed by atoms with E-state index < -0.39 is 7.81 Å². The van der Waals surface area contributed by atoms with Crippen molar-refractivity contribution in [2.24, 2.45) is 9.98 Å². The van der Waals surface area contributed by atoms with Gasteiger partial charge in [0.25, 0.3) is 0 Å². The molecule has 1 fully saturated rings. The Bertz CT molecular complexity index is 1390. The van der Waals surface area contributed by atoms with E-state index >= 15 is 0 Å². The third kappa shape index (κ3) is 14.4. The van der Waals surface area contributed by atoms with Crippen LogP contribution in [0.15, 0.2) is 34.3 Å². The minimum Gasteiger partial charge on any atom is 0 e. The van der Waals surface area contributed by atoms with Crippen LogP contribution in [-0.4, -0.2) is 34.7 Å². The van der Waals surface area contributed by atoms with E-state index in [-0.39, 0.29) is 50.8 Å². The number of hydrogen-bond donors (Lipinski definition) is 2. The average Bonchev–Trinajstić information content (AvgIpc) is 2.83. The molecule has 2 aromatic carbocycles. The zero-order valence-electron chi connectivity index (χ0n) is 30.3. The zero-order chi connectivity index (χ0) is 36.7. The van der Waals surface area contributed by atoms with Gasteiger partial charge in [-0.15, -0.1) is 0 Å². The summed E-state index contributed by atoms with van der Waals surface area (Å²) in [6.07, 6.45) is 7.90. The first kappa shape index (κ1) is 43.9. The molecule has 1 saturated carbocycles. The van der Waals surface area contributed by atoms with E-state index in [4.69, 9.17) is 9.98 Å². The van der Waals surface area contributed by atoms with Gasteiger partial charge in [0.15, 0.2) is 0 Å². The maximum atomic E-state index is 11.2. The number of phenols is 2. The second-order valence-electron chi connectivity index (χ2n) is 16.9. The first-order valence-electron chi connectivity index (χ1n) is 16.0. The molecule has 12 heteroatoms. The van der Waals surface area contributed by atoms with Crippen LogP contribution in [0.2, 0.25) is 0 Å². The molecule has 0 aliphatic heterocycles. The number of rotatable bonds is 4. The van der Waals surface area contributed by atoms with Crippen LogP contribution in [0.5, 0.6) is 11.5 Å². The molecule has 0 aromatic heterocycles. The van der Waals surface area contributed by atoms with Gasteiger partial charge in [-0.05, 0) is 57.8 Å². The smallest absolute Gasteiger partial charge is 0 e. The topological polar surface area (TPSA) is 65.2 Å². The molecule has 48 heavy (non-hydrogen) atoms. The molecule has 1 aliphatic carbocycles. The van der Waals surface area contributed by atoms with Crippen molar-refractivity contribution in [1.82, 2.24) is 0 Å². The van der Waals surface area contributed by atoms with E-state index in [1.165, 1.54) is 11.1 Å². The van der Waals surface area contributed by atoms with Crippen molar-refractivity contribution in [1.29, 1.82) is 0 Å². The number of phenolic OH excluding ortho intramolecular Hbond substituents is 2. The van der Waals surface area contributed by atoms with Gasteiger partial charge in [-0.2, -0.15) is 0 Å². The molecule has 2 N–H and O–H groups in total. The number of halogens is 6. The van der Waals surface area contributed by atoms with Crippen molar-refractivity contribution < 1.29 is 52.5 Å². The minimum atomic E-state index is -10.7. The largest absolute Gasteiger partial charge is 0 e. The number of nitrogens with zero attached hydrogens (tertiary/aromatic N) is 2. The van der Waals surface area contributed by atoms with Gasteiger partial charge in [-0.1, -0.05) is 108 Å². The Morgan fingerprint density at radius 3 is 1.06 bits per heavy atom. The second kappa shape index (κ2) is 13.9. The molecule has 1 aliphatic rings. The third-order valence-electron chi connectivity index (χ3n) is 8.13. The quantitative estimate of drug-likeness (QED) is 0.142. The van der Waals surface area contributed by atoms with E-state index in [1.54, 1.807) is 0 Å². The number of aliphatic imine (C=N–C) groups is 2. The molecule has 4 nitrogen and oxygen atoms in total. The molecule has 0 unspecified atom stereocenters. The van der Waals surface area contributed by atoms with Crippen LogP contribution in [0.1, 0.15) is 142 Å². The second-order valence-corrected chi connectivity index (χ2v) is 18.8. The summed E-state index contributed by atoms with van der Waals surface area (Å²) >= 11 is 0. The summed E-state index contributed by atoms with van der Waals surface area (Å²) in [5, 5.41) is 22.5. The van der Waals surface area contributed by atoms with Crippen molar-refractivity contribution in [2.45, 2.75) is 143 Å². The fraction of sp³-hybridized carbons (Fsp3) is 0.611. The van der Waals surface area contributed by atoms with Crippen molar-refractivity contribution >= 4 is 20.2 Å². The van der Waals surface area contributed by atoms with Gasteiger partial charge >= 0.3 is 33.0 Å². The number of benzene rings is 2. The summed E-state index contributed by atoms with van der Waals surface area (Å²) in [6.45, 7) is 26.0. The summed E-state index contributed by atoms with van der Waals surface area (Å²) in [6, 6.07) is 8.53. The fourth-order valence-corrected chi connectivity index (χ4v) is 5.31. The minimum absolute atomic E-state index is 0. The van der Waals surface area contributed by atoms with Gasteiger partial charge in [0.05, 0.1) is 12.1 Å². The van der Waals surface area contributed by atoms with E-state index in [9.17, 15) is 35.4 Å². The standard InChI is InChI=1S/C36H54N2O2.F6P.Mn/c1-33(2,3)25-17-23(31(39)27(19-25)35(7,8)9)21-37-29-15-13-14-16-30(29)38-22-24-18-26(34(4,5)6)20-28(32(24)40)36(10,11)12;1-7(2,3,4,5)6;/h17-22,29-30,39-40H,13-16H2,1-12H3;;/q;-1;/t29-,30-;;/m0../s1. The van der Waals surface area contributed by atoms with Crippen LogP contribution < -0.4 is 0 Å². The van der Waals surface area contributed by atoms with Crippen LogP contribution in [0.3, 0.4) is 0 Å². The summed E-state index contributed by atoms with van der Waals surface area (Å²) in [5.41, 5.74) is 5.39. The normalized spacial score (nSPS) is 19.7. The fourth-order valence-electron chi connectivity index (χ4n) is 5.31. The van der Waals surface area contributed by atoms with Crippen molar-refractivity contribution in [3.05, 3.63) is 57.6 Å². The van der Waals surface area contributed by atoms with Gasteiger partial charge < -0.3 is 10.2 Å². The Morgan fingerprint density at radius 2 is 0.833 bits per heavy atom. The molecule has 0 saturated heterocycles. The summed E-state index contributed by atoms with van der Waals surface area (Å²) in [4.78, 5) is 10.1. The van der Waals surface area contributed by atoms with Gasteiger partial charge in [0.2, 0.25) is 0 Å². The van der Waals surface area contributed by atoms with E-state index in [1.807, 2.05) is 12.4 Å². The van der Waals surface area contributed by atoms with Gasteiger partial charge in [0, 0.05) is 51.8 Å². The SMILES string of the molecule is CC(C)(C)c1cc(C=N[C@H]2CCCC[C@@H]2N=Cc2cc(C(C)(C)C)cc(C(C)(C)C)c2O)c(O)c(C(C)(C)C)c1.F[P-](F)(F)(F)(F)F.[Mn]. The molecule has 2 aromatic rings. The van der Waals surface area contributed by atoms with Gasteiger partial charge in [-0.3, -0.25) is 9.98 Å². The molecule has 3 rings (SSSR count). The average molecular weight is 747 g/mol. The summed E-state index contributed by atoms with van der Waals surface area (Å²) < 4.78 is 59.2.